The van der Waals surface area contributed by atoms with E-state index in [1.54, 1.807) is 6.04 Å². The summed E-state index contributed by atoms with van der Waals surface area (Å²) in [7, 11) is 0.0824. The number of hydrogen-bond acceptors (Lipinski definition) is 0. The fourth-order valence-corrected chi connectivity index (χ4v) is 3.35. The van der Waals surface area contributed by atoms with Gasteiger partial charge in [0, 0.05) is 8.80 Å². The minimum atomic E-state index is 0.0824. The van der Waals surface area contributed by atoms with Gasteiger partial charge in [-0.1, -0.05) is 44.8 Å². The molecule has 0 unspecified atom stereocenters. The Hall–Kier alpha value is 0.217. The van der Waals surface area contributed by atoms with Crippen LogP contribution in [0.15, 0.2) is 0 Å². The van der Waals surface area contributed by atoms with Crippen molar-refractivity contribution in [2.24, 2.45) is 5.92 Å². The zero-order valence-electron chi connectivity index (χ0n) is 6.61. The van der Waals surface area contributed by atoms with Crippen molar-refractivity contribution in [3.8, 4) is 0 Å². The standard InChI is InChI=1S/C8H17Si/c1-9(2)7-8-5-3-4-6-8/h8H,3-7H2,1-2H3. The van der Waals surface area contributed by atoms with Crippen LogP contribution in [0.1, 0.15) is 25.7 Å². The minimum absolute atomic E-state index is 0.0824. The van der Waals surface area contributed by atoms with Crippen LogP contribution in [0.4, 0.5) is 0 Å². The van der Waals surface area contributed by atoms with E-state index in [0.717, 1.165) is 5.92 Å². The third kappa shape index (κ3) is 2.52. The predicted molar refractivity (Wildman–Crippen MR) is 44.2 cm³/mol. The lowest BCUT2D eigenvalue weighted by atomic mass is 10.1. The molecule has 0 bridgehead atoms. The molecule has 0 amide bonds. The monoisotopic (exact) mass is 141 g/mol. The van der Waals surface area contributed by atoms with Crippen molar-refractivity contribution in [3.63, 3.8) is 0 Å². The molecule has 0 aliphatic heterocycles. The summed E-state index contributed by atoms with van der Waals surface area (Å²) in [6.07, 6.45) is 6.10. The molecule has 0 heterocycles. The Kier molecular flexibility index (Phi) is 2.77. The minimum Gasteiger partial charge on any atom is -0.0713 e. The molecule has 0 saturated heterocycles. The summed E-state index contributed by atoms with van der Waals surface area (Å²) >= 11 is 0. The van der Waals surface area contributed by atoms with Gasteiger partial charge in [-0.25, -0.2) is 0 Å². The fraction of sp³-hybridized carbons (Fsp3) is 1.00. The second-order valence-electron chi connectivity index (χ2n) is 3.56. The van der Waals surface area contributed by atoms with E-state index in [1.165, 1.54) is 25.7 Å². The lowest BCUT2D eigenvalue weighted by Crippen LogP contribution is -2.05. The number of hydrogen-bond donors (Lipinski definition) is 0. The van der Waals surface area contributed by atoms with Gasteiger partial charge >= 0.3 is 0 Å². The van der Waals surface area contributed by atoms with Crippen molar-refractivity contribution in [1.29, 1.82) is 0 Å². The Labute approximate surface area is 60.3 Å². The third-order valence-electron chi connectivity index (χ3n) is 2.17. The summed E-state index contributed by atoms with van der Waals surface area (Å²) in [5.74, 6) is 1.13. The van der Waals surface area contributed by atoms with Crippen LogP contribution in [0.25, 0.3) is 0 Å². The van der Waals surface area contributed by atoms with E-state index in [-0.39, 0.29) is 8.80 Å². The molecule has 0 aromatic carbocycles. The quantitative estimate of drug-likeness (QED) is 0.519. The summed E-state index contributed by atoms with van der Waals surface area (Å²) in [6.45, 7) is 4.87. The van der Waals surface area contributed by atoms with Gasteiger partial charge in [-0.15, -0.1) is 0 Å². The summed E-state index contributed by atoms with van der Waals surface area (Å²) in [5, 5.41) is 0. The maximum atomic E-state index is 2.43. The van der Waals surface area contributed by atoms with Gasteiger partial charge in [0.1, 0.15) is 0 Å². The van der Waals surface area contributed by atoms with E-state index in [2.05, 4.69) is 13.1 Å². The summed E-state index contributed by atoms with van der Waals surface area (Å²) in [5.41, 5.74) is 0. The highest BCUT2D eigenvalue weighted by Gasteiger charge is 2.15. The van der Waals surface area contributed by atoms with Crippen LogP contribution >= 0.6 is 0 Å². The normalized spacial score (nSPS) is 21.7. The van der Waals surface area contributed by atoms with Gasteiger partial charge in [0.2, 0.25) is 0 Å². The van der Waals surface area contributed by atoms with Gasteiger partial charge in [0.25, 0.3) is 0 Å². The average Bonchev–Trinajstić information content (AvgIpc) is 2.15. The summed E-state index contributed by atoms with van der Waals surface area (Å²) < 4.78 is 0. The smallest absolute Gasteiger partial charge is 0.0415 e. The van der Waals surface area contributed by atoms with Gasteiger partial charge in [0.15, 0.2) is 0 Å². The van der Waals surface area contributed by atoms with Crippen LogP contribution in [-0.4, -0.2) is 8.80 Å². The molecular formula is C8H17Si. The SMILES string of the molecule is C[Si](C)CC1CCCC1. The number of rotatable bonds is 2. The van der Waals surface area contributed by atoms with E-state index in [0.29, 0.717) is 0 Å². The second-order valence-corrected chi connectivity index (χ2v) is 6.38. The molecule has 1 aliphatic carbocycles. The molecule has 0 spiro atoms. The van der Waals surface area contributed by atoms with Gasteiger partial charge in [-0.05, 0) is 5.92 Å². The van der Waals surface area contributed by atoms with E-state index < -0.39 is 0 Å². The largest absolute Gasteiger partial charge is 0.0713 e. The topological polar surface area (TPSA) is 0 Å². The van der Waals surface area contributed by atoms with Crippen LogP contribution in [0.5, 0.6) is 0 Å². The maximum absolute atomic E-state index is 2.43. The molecule has 0 aromatic rings. The zero-order chi connectivity index (χ0) is 6.69. The average molecular weight is 141 g/mol. The van der Waals surface area contributed by atoms with Crippen molar-refractivity contribution in [2.45, 2.75) is 44.8 Å². The molecule has 0 aromatic heterocycles. The second kappa shape index (κ2) is 3.40. The molecule has 1 rings (SSSR count). The highest BCUT2D eigenvalue weighted by molar-refractivity contribution is 6.55. The first-order valence-electron chi connectivity index (χ1n) is 4.08. The van der Waals surface area contributed by atoms with Gasteiger partial charge in [-0.3, -0.25) is 0 Å². The first kappa shape index (κ1) is 7.33. The molecule has 1 aliphatic rings. The van der Waals surface area contributed by atoms with Crippen molar-refractivity contribution < 1.29 is 0 Å². The summed E-state index contributed by atoms with van der Waals surface area (Å²) in [4.78, 5) is 0. The molecule has 1 saturated carbocycles. The molecule has 1 radical (unpaired) electrons. The summed E-state index contributed by atoms with van der Waals surface area (Å²) in [6, 6.07) is 1.57. The molecule has 9 heavy (non-hydrogen) atoms. The first-order valence-corrected chi connectivity index (χ1v) is 6.79. The van der Waals surface area contributed by atoms with E-state index in [4.69, 9.17) is 0 Å². The van der Waals surface area contributed by atoms with Crippen LogP contribution in [-0.2, 0) is 0 Å². The lowest BCUT2D eigenvalue weighted by Gasteiger charge is -2.09. The highest BCUT2D eigenvalue weighted by Crippen LogP contribution is 2.28. The van der Waals surface area contributed by atoms with Crippen molar-refractivity contribution in [1.82, 2.24) is 0 Å². The van der Waals surface area contributed by atoms with Crippen molar-refractivity contribution in [3.05, 3.63) is 0 Å². The van der Waals surface area contributed by atoms with Crippen LogP contribution in [0.2, 0.25) is 19.1 Å². The van der Waals surface area contributed by atoms with Gasteiger partial charge in [-0.2, -0.15) is 0 Å². The Bertz CT molecular complexity index is 72.6. The third-order valence-corrected chi connectivity index (χ3v) is 3.57. The Balaban J connectivity index is 2.11. The van der Waals surface area contributed by atoms with Crippen LogP contribution in [0.3, 0.4) is 0 Å². The molecule has 0 nitrogen and oxygen atoms in total. The van der Waals surface area contributed by atoms with Crippen molar-refractivity contribution in [2.75, 3.05) is 0 Å². The Morgan fingerprint density at radius 2 is 1.78 bits per heavy atom. The van der Waals surface area contributed by atoms with E-state index in [1.807, 2.05) is 0 Å². The van der Waals surface area contributed by atoms with Crippen LogP contribution < -0.4 is 0 Å². The van der Waals surface area contributed by atoms with Gasteiger partial charge < -0.3 is 0 Å². The molecule has 1 heteroatoms. The fourth-order valence-electron chi connectivity index (χ4n) is 1.79. The molecule has 1 fully saturated rings. The Morgan fingerprint density at radius 3 is 2.22 bits per heavy atom. The molecule has 0 atom stereocenters. The molecule has 53 valence electrons. The zero-order valence-corrected chi connectivity index (χ0v) is 7.61. The molecule has 0 N–H and O–H groups in total. The molecular weight excluding hydrogens is 124 g/mol. The highest BCUT2D eigenvalue weighted by atomic mass is 28.3. The van der Waals surface area contributed by atoms with Gasteiger partial charge in [0.05, 0.1) is 0 Å². The van der Waals surface area contributed by atoms with Crippen molar-refractivity contribution >= 4 is 8.80 Å². The van der Waals surface area contributed by atoms with Crippen LogP contribution in [0, 0.1) is 5.92 Å². The predicted octanol–water partition coefficient (Wildman–Crippen LogP) is 2.93. The van der Waals surface area contributed by atoms with E-state index >= 15 is 0 Å². The lowest BCUT2D eigenvalue weighted by molar-refractivity contribution is 0.606. The Morgan fingerprint density at radius 1 is 1.22 bits per heavy atom. The maximum Gasteiger partial charge on any atom is 0.0415 e. The first-order chi connectivity index (χ1) is 4.29. The van der Waals surface area contributed by atoms with E-state index in [9.17, 15) is 0 Å².